The Balaban J connectivity index is 2.85. The van der Waals surface area contributed by atoms with Gasteiger partial charge in [-0.1, -0.05) is 0 Å². The van der Waals surface area contributed by atoms with Crippen molar-refractivity contribution in [3.05, 3.63) is 0 Å². The van der Waals surface area contributed by atoms with E-state index in [1.54, 1.807) is 0 Å². The van der Waals surface area contributed by atoms with Crippen LogP contribution in [0.15, 0.2) is 0 Å². The number of rotatable bonds is 1. The van der Waals surface area contributed by atoms with Crippen molar-refractivity contribution in [3.63, 3.8) is 0 Å². The van der Waals surface area contributed by atoms with E-state index in [0.29, 0.717) is 30.1 Å². The molecule has 0 saturated heterocycles. The first-order valence-electron chi connectivity index (χ1n) is 1.28. The number of hydrogen-bond acceptors (Lipinski definition) is 1. The summed E-state index contributed by atoms with van der Waals surface area (Å²) in [5.41, 5.74) is 0. The maximum atomic E-state index is 9.42. The van der Waals surface area contributed by atoms with Gasteiger partial charge in [-0.3, -0.25) is 0 Å². The Bertz CT molecular complexity index is 42.9. The molecule has 0 unspecified atom stereocenters. The Labute approximate surface area is 46.2 Å². The van der Waals surface area contributed by atoms with Gasteiger partial charge in [-0.25, -0.2) is 0 Å². The topological polar surface area (TPSA) is 37.3 Å². The third-order valence-corrected chi connectivity index (χ3v) is 1.88. The number of aliphatic carboxylic acids is 1. The molecule has 0 fully saturated rings. The molecule has 0 amide bonds. The van der Waals surface area contributed by atoms with Gasteiger partial charge in [0, 0.05) is 0 Å². The molecule has 0 aromatic carbocycles. The van der Waals surface area contributed by atoms with E-state index in [4.69, 9.17) is 5.11 Å². The van der Waals surface area contributed by atoms with Crippen LogP contribution < -0.4 is 0 Å². The maximum absolute atomic E-state index is 9.42. The summed E-state index contributed by atoms with van der Waals surface area (Å²) in [6.07, 6.45) is 0. The molecule has 1 N–H and O–H groups in total. The fraction of sp³-hybridized carbons (Fsp3) is 0.500. The first-order chi connectivity index (χ1) is 2.27. The summed E-state index contributed by atoms with van der Waals surface area (Å²) in [6, 6.07) is 0. The van der Waals surface area contributed by atoms with Gasteiger partial charge in [0.25, 0.3) is 0 Å². The second kappa shape index (κ2) is 2.63. The minimum atomic E-state index is -0.659. The number of carboxylic acid groups (broad SMARTS) is 1. The van der Waals surface area contributed by atoms with Crippen LogP contribution in [0, 0.1) is 0 Å². The molecule has 0 rings (SSSR count). The molecule has 0 aromatic heterocycles. The van der Waals surface area contributed by atoms with Gasteiger partial charge < -0.3 is 0 Å². The monoisotopic (exact) mass is 261 g/mol. The SMILES string of the molecule is O=C(O)[CH2][Hg]. The van der Waals surface area contributed by atoms with Crippen LogP contribution in [-0.4, -0.2) is 11.1 Å². The first kappa shape index (κ1) is 5.41. The van der Waals surface area contributed by atoms with Gasteiger partial charge in [0.15, 0.2) is 0 Å². The van der Waals surface area contributed by atoms with Gasteiger partial charge in [0.1, 0.15) is 0 Å². The molecule has 0 heterocycles. The molecule has 3 heteroatoms. The van der Waals surface area contributed by atoms with Crippen molar-refractivity contribution in [2.75, 3.05) is 0 Å². The third-order valence-electron chi connectivity index (χ3n) is 0.214. The third kappa shape index (κ3) is 4.41. The molecule has 0 aliphatic carbocycles. The zero-order chi connectivity index (χ0) is 4.28. The van der Waals surface area contributed by atoms with E-state index in [1.165, 1.54) is 0 Å². The predicted octanol–water partition coefficient (Wildman–Crippen LogP) is 0.0361. The molecule has 5 heavy (non-hydrogen) atoms. The van der Waals surface area contributed by atoms with Crippen molar-refractivity contribution in [2.45, 2.75) is 3.93 Å². The van der Waals surface area contributed by atoms with E-state index in [-0.39, 0.29) is 0 Å². The van der Waals surface area contributed by atoms with Crippen LogP contribution in [-0.2, 0) is 30.9 Å². The average molecular weight is 260 g/mol. The molecule has 0 atom stereocenters. The number of carbonyl (C=O) groups is 1. The standard InChI is InChI=1S/C2H3O2.Hg/c1-2(3)4;/h1H2,(H,3,4);. The molecule has 0 aromatic rings. The van der Waals surface area contributed by atoms with Crippen molar-refractivity contribution in [1.82, 2.24) is 0 Å². The Morgan fingerprint density at radius 2 is 2.20 bits per heavy atom. The molecule has 0 saturated carbocycles. The first-order valence-corrected chi connectivity index (χ1v) is 5.17. The quantitative estimate of drug-likeness (QED) is 0.675. The van der Waals surface area contributed by atoms with E-state index >= 15 is 0 Å². The molecule has 25 valence electrons. The van der Waals surface area contributed by atoms with Gasteiger partial charge >= 0.3 is 45.9 Å². The van der Waals surface area contributed by atoms with Gasteiger partial charge in [0.2, 0.25) is 0 Å². The van der Waals surface area contributed by atoms with Gasteiger partial charge in [-0.2, -0.15) is 0 Å². The molecule has 0 radical (unpaired) electrons. The van der Waals surface area contributed by atoms with Crippen LogP contribution in [0.5, 0.6) is 0 Å². The van der Waals surface area contributed by atoms with E-state index < -0.39 is 5.97 Å². The molecule has 0 aliphatic rings. The molecular weight excluding hydrogens is 257 g/mol. The predicted molar refractivity (Wildman–Crippen MR) is 12.4 cm³/mol. The van der Waals surface area contributed by atoms with Gasteiger partial charge in [0.05, 0.1) is 0 Å². The van der Waals surface area contributed by atoms with Crippen LogP contribution in [0.25, 0.3) is 0 Å². The van der Waals surface area contributed by atoms with E-state index in [9.17, 15) is 4.79 Å². The van der Waals surface area contributed by atoms with Crippen LogP contribution in [0.1, 0.15) is 0 Å². The molecule has 0 bridgehead atoms. The Morgan fingerprint density at radius 3 is 2.20 bits per heavy atom. The zero-order valence-corrected chi connectivity index (χ0v) is 8.27. The molecular formula is C2H3HgO2. The second-order valence-electron chi connectivity index (χ2n) is 0.644. The average Bonchev–Trinajstić information content (AvgIpc) is 1.38. The fourth-order valence-electron chi connectivity index (χ4n) is 0. The fourth-order valence-corrected chi connectivity index (χ4v) is 0. The van der Waals surface area contributed by atoms with Crippen molar-refractivity contribution in [2.24, 2.45) is 0 Å². The summed E-state index contributed by atoms with van der Waals surface area (Å²) in [4.78, 5) is 9.42. The summed E-state index contributed by atoms with van der Waals surface area (Å²) in [7, 11) is 0. The molecule has 0 spiro atoms. The zero-order valence-electron chi connectivity index (χ0n) is 2.77. The van der Waals surface area contributed by atoms with Crippen molar-refractivity contribution < 1.29 is 36.0 Å². The number of hydrogen-bond donors (Lipinski definition) is 1. The summed E-state index contributed by atoms with van der Waals surface area (Å²) in [5.74, 6) is -0.659. The van der Waals surface area contributed by atoms with E-state index in [1.807, 2.05) is 0 Å². The van der Waals surface area contributed by atoms with E-state index in [2.05, 4.69) is 0 Å². The molecule has 0 aliphatic heterocycles. The summed E-state index contributed by atoms with van der Waals surface area (Å²) in [5, 5.41) is 7.77. The van der Waals surface area contributed by atoms with Gasteiger partial charge in [-0.05, 0) is 0 Å². The minimum absolute atomic E-state index is 0.417. The van der Waals surface area contributed by atoms with Crippen LogP contribution >= 0.6 is 0 Å². The normalized spacial score (nSPS) is 7.60. The van der Waals surface area contributed by atoms with Crippen LogP contribution in [0.4, 0.5) is 0 Å². The van der Waals surface area contributed by atoms with Crippen LogP contribution in [0.2, 0.25) is 3.93 Å². The van der Waals surface area contributed by atoms with Crippen molar-refractivity contribution >= 4 is 5.97 Å². The molecule has 2 nitrogen and oxygen atoms in total. The van der Waals surface area contributed by atoms with Crippen LogP contribution in [0.3, 0.4) is 0 Å². The van der Waals surface area contributed by atoms with Gasteiger partial charge in [-0.15, -0.1) is 0 Å². The summed E-state index contributed by atoms with van der Waals surface area (Å²) >= 11 is 0.444. The van der Waals surface area contributed by atoms with E-state index in [0.717, 1.165) is 0 Å². The van der Waals surface area contributed by atoms with Crippen molar-refractivity contribution in [1.29, 1.82) is 0 Å². The number of carboxylic acids is 1. The Hall–Kier alpha value is 0.405. The summed E-state index contributed by atoms with van der Waals surface area (Å²) in [6.45, 7) is 0. The Morgan fingerprint density at radius 1 is 2.00 bits per heavy atom. The summed E-state index contributed by atoms with van der Waals surface area (Å²) < 4.78 is 0.417. The Kier molecular flexibility index (Phi) is 2.85. The van der Waals surface area contributed by atoms with Crippen molar-refractivity contribution in [3.8, 4) is 0 Å². The second-order valence-corrected chi connectivity index (χ2v) is 2.59.